The van der Waals surface area contributed by atoms with Gasteiger partial charge in [0.15, 0.2) is 0 Å². The van der Waals surface area contributed by atoms with Crippen LogP contribution in [0.1, 0.15) is 10.4 Å². The molecule has 98 valence electrons. The highest BCUT2D eigenvalue weighted by Crippen LogP contribution is 2.28. The van der Waals surface area contributed by atoms with Crippen molar-refractivity contribution in [2.75, 3.05) is 19.5 Å². The molecule has 0 radical (unpaired) electrons. The van der Waals surface area contributed by atoms with Crippen molar-refractivity contribution < 1.29 is 14.3 Å². The normalized spacial score (nSPS) is 9.79. The summed E-state index contributed by atoms with van der Waals surface area (Å²) in [5, 5.41) is 2.81. The number of hydrogen-bond donors (Lipinski definition) is 1. The third kappa shape index (κ3) is 2.85. The average Bonchev–Trinajstić information content (AvgIpc) is 2.47. The summed E-state index contributed by atoms with van der Waals surface area (Å²) in [6.45, 7) is 0. The molecular weight excluding hydrogens is 242 g/mol. The van der Waals surface area contributed by atoms with Crippen molar-refractivity contribution in [1.82, 2.24) is 0 Å². The maximum absolute atomic E-state index is 12.3. The molecule has 2 aromatic carbocycles. The Kier molecular flexibility index (Phi) is 4.03. The molecule has 19 heavy (non-hydrogen) atoms. The Hall–Kier alpha value is -2.49. The Bertz CT molecular complexity index is 545. The molecule has 0 spiro atoms. The zero-order valence-electron chi connectivity index (χ0n) is 10.8. The number of benzene rings is 2. The van der Waals surface area contributed by atoms with E-state index in [-0.39, 0.29) is 5.91 Å². The second kappa shape index (κ2) is 5.91. The quantitative estimate of drug-likeness (QED) is 0.916. The molecule has 4 heteroatoms. The molecule has 1 amide bonds. The smallest absolute Gasteiger partial charge is 0.263 e. The number of carbonyl (C=O) groups excluding carboxylic acids is 1. The van der Waals surface area contributed by atoms with Gasteiger partial charge in [-0.1, -0.05) is 24.3 Å². The van der Waals surface area contributed by atoms with Gasteiger partial charge in [-0.3, -0.25) is 4.79 Å². The van der Waals surface area contributed by atoms with Crippen LogP contribution in [0.3, 0.4) is 0 Å². The van der Waals surface area contributed by atoms with Crippen LogP contribution in [0.15, 0.2) is 48.5 Å². The largest absolute Gasteiger partial charge is 0.496 e. The summed E-state index contributed by atoms with van der Waals surface area (Å²) in [7, 11) is 3.04. The lowest BCUT2D eigenvalue weighted by molar-refractivity contribution is 0.102. The fourth-order valence-corrected chi connectivity index (χ4v) is 1.79. The van der Waals surface area contributed by atoms with Crippen LogP contribution in [0.2, 0.25) is 0 Å². The van der Waals surface area contributed by atoms with Crippen molar-refractivity contribution in [3.63, 3.8) is 0 Å². The predicted octanol–water partition coefficient (Wildman–Crippen LogP) is 2.96. The van der Waals surface area contributed by atoms with Crippen LogP contribution >= 0.6 is 0 Å². The Balaban J connectivity index is 2.33. The zero-order chi connectivity index (χ0) is 13.7. The predicted molar refractivity (Wildman–Crippen MR) is 73.9 cm³/mol. The first-order valence-electron chi connectivity index (χ1n) is 5.83. The lowest BCUT2D eigenvalue weighted by Gasteiger charge is -2.12. The monoisotopic (exact) mass is 257 g/mol. The molecule has 0 saturated heterocycles. The molecule has 2 rings (SSSR count). The van der Waals surface area contributed by atoms with Gasteiger partial charge in [-0.05, 0) is 24.3 Å². The van der Waals surface area contributed by atoms with Crippen LogP contribution in [0.25, 0.3) is 0 Å². The lowest BCUT2D eigenvalue weighted by Crippen LogP contribution is -2.14. The summed E-state index contributed by atoms with van der Waals surface area (Å²) in [4.78, 5) is 12.3. The summed E-state index contributed by atoms with van der Waals surface area (Å²) in [6, 6.07) is 14.5. The maximum Gasteiger partial charge on any atom is 0.263 e. The molecule has 0 heterocycles. The highest BCUT2D eigenvalue weighted by molar-refractivity contribution is 6.08. The summed E-state index contributed by atoms with van der Waals surface area (Å²) >= 11 is 0. The first kappa shape index (κ1) is 13.0. The lowest BCUT2D eigenvalue weighted by atomic mass is 10.1. The van der Waals surface area contributed by atoms with E-state index in [1.807, 2.05) is 30.3 Å². The average molecular weight is 257 g/mol. The van der Waals surface area contributed by atoms with Crippen molar-refractivity contribution in [3.8, 4) is 11.5 Å². The number of methoxy groups -OCH3 is 2. The van der Waals surface area contributed by atoms with E-state index in [0.717, 1.165) is 5.69 Å². The van der Waals surface area contributed by atoms with E-state index in [4.69, 9.17) is 9.47 Å². The van der Waals surface area contributed by atoms with Gasteiger partial charge in [0.05, 0.1) is 14.2 Å². The molecule has 4 nitrogen and oxygen atoms in total. The Morgan fingerprint density at radius 1 is 0.895 bits per heavy atom. The van der Waals surface area contributed by atoms with Crippen LogP contribution in [0, 0.1) is 0 Å². The number of rotatable bonds is 4. The van der Waals surface area contributed by atoms with Crippen molar-refractivity contribution >= 4 is 11.6 Å². The highest BCUT2D eigenvalue weighted by atomic mass is 16.5. The molecule has 0 bridgehead atoms. The number of nitrogens with one attached hydrogen (secondary N) is 1. The second-order valence-corrected chi connectivity index (χ2v) is 3.86. The molecule has 0 aliphatic rings. The van der Waals surface area contributed by atoms with E-state index in [2.05, 4.69) is 5.32 Å². The SMILES string of the molecule is COc1cccc(OC)c1C(=O)Nc1ccccc1. The van der Waals surface area contributed by atoms with Gasteiger partial charge >= 0.3 is 0 Å². The number of para-hydroxylation sites is 1. The third-order valence-corrected chi connectivity index (χ3v) is 2.69. The molecule has 0 aromatic heterocycles. The molecule has 2 aromatic rings. The molecule has 0 unspecified atom stereocenters. The van der Waals surface area contributed by atoms with Gasteiger partial charge in [0.25, 0.3) is 5.91 Å². The summed E-state index contributed by atoms with van der Waals surface area (Å²) in [5.41, 5.74) is 1.11. The molecule has 0 aliphatic heterocycles. The molecule has 1 N–H and O–H groups in total. The standard InChI is InChI=1S/C15H15NO3/c1-18-12-9-6-10-13(19-2)14(12)15(17)16-11-7-4-3-5-8-11/h3-10H,1-2H3,(H,16,17). The number of ether oxygens (including phenoxy) is 2. The number of amides is 1. The molecule has 0 saturated carbocycles. The Morgan fingerprint density at radius 3 is 2.00 bits per heavy atom. The van der Waals surface area contributed by atoms with E-state index >= 15 is 0 Å². The van der Waals surface area contributed by atoms with Gasteiger partial charge in [-0.15, -0.1) is 0 Å². The van der Waals surface area contributed by atoms with Gasteiger partial charge in [0.1, 0.15) is 17.1 Å². The van der Waals surface area contributed by atoms with Crippen LogP contribution in [0.4, 0.5) is 5.69 Å². The van der Waals surface area contributed by atoms with E-state index in [9.17, 15) is 4.79 Å². The van der Waals surface area contributed by atoms with Gasteiger partial charge in [-0.2, -0.15) is 0 Å². The van der Waals surface area contributed by atoms with Gasteiger partial charge in [0, 0.05) is 5.69 Å². The van der Waals surface area contributed by atoms with Crippen LogP contribution < -0.4 is 14.8 Å². The molecule has 0 fully saturated rings. The van der Waals surface area contributed by atoms with Crippen molar-refractivity contribution in [2.24, 2.45) is 0 Å². The van der Waals surface area contributed by atoms with Crippen LogP contribution in [0.5, 0.6) is 11.5 Å². The number of carbonyl (C=O) groups is 1. The number of anilines is 1. The molecule has 0 atom stereocenters. The van der Waals surface area contributed by atoms with Crippen LogP contribution in [-0.4, -0.2) is 20.1 Å². The zero-order valence-corrected chi connectivity index (χ0v) is 10.8. The fraction of sp³-hybridized carbons (Fsp3) is 0.133. The number of hydrogen-bond acceptors (Lipinski definition) is 3. The first-order chi connectivity index (χ1) is 9.26. The van der Waals surface area contributed by atoms with Crippen LogP contribution in [-0.2, 0) is 0 Å². The van der Waals surface area contributed by atoms with E-state index in [1.54, 1.807) is 18.2 Å². The third-order valence-electron chi connectivity index (χ3n) is 2.69. The van der Waals surface area contributed by atoms with Gasteiger partial charge < -0.3 is 14.8 Å². The highest BCUT2D eigenvalue weighted by Gasteiger charge is 2.17. The maximum atomic E-state index is 12.3. The van der Waals surface area contributed by atoms with E-state index in [0.29, 0.717) is 17.1 Å². The van der Waals surface area contributed by atoms with E-state index in [1.165, 1.54) is 14.2 Å². The Morgan fingerprint density at radius 2 is 1.47 bits per heavy atom. The minimum absolute atomic E-state index is 0.263. The molecular formula is C15H15NO3. The topological polar surface area (TPSA) is 47.6 Å². The Labute approximate surface area is 112 Å². The van der Waals surface area contributed by atoms with E-state index < -0.39 is 0 Å². The first-order valence-corrected chi connectivity index (χ1v) is 5.83. The second-order valence-electron chi connectivity index (χ2n) is 3.86. The molecule has 0 aliphatic carbocycles. The fourth-order valence-electron chi connectivity index (χ4n) is 1.79. The summed E-state index contributed by atoms with van der Waals surface area (Å²) < 4.78 is 10.4. The van der Waals surface area contributed by atoms with Crippen molar-refractivity contribution in [2.45, 2.75) is 0 Å². The summed E-state index contributed by atoms with van der Waals surface area (Å²) in [6.07, 6.45) is 0. The minimum atomic E-state index is -0.263. The van der Waals surface area contributed by atoms with Gasteiger partial charge in [0.2, 0.25) is 0 Å². The minimum Gasteiger partial charge on any atom is -0.496 e. The van der Waals surface area contributed by atoms with Crippen molar-refractivity contribution in [3.05, 3.63) is 54.1 Å². The van der Waals surface area contributed by atoms with Gasteiger partial charge in [-0.25, -0.2) is 0 Å². The van der Waals surface area contributed by atoms with Crippen molar-refractivity contribution in [1.29, 1.82) is 0 Å². The summed E-state index contributed by atoms with van der Waals surface area (Å²) in [5.74, 6) is 0.695.